The molecule has 0 radical (unpaired) electrons. The van der Waals surface area contributed by atoms with Gasteiger partial charge in [0.05, 0.1) is 18.8 Å². The third kappa shape index (κ3) is 5.57. The molecule has 1 rings (SSSR count). The van der Waals surface area contributed by atoms with Crippen molar-refractivity contribution in [2.75, 3.05) is 26.9 Å². The summed E-state index contributed by atoms with van der Waals surface area (Å²) in [5, 5.41) is 3.54. The maximum Gasteiger partial charge on any atom is 0.141 e. The third-order valence-electron chi connectivity index (χ3n) is 2.98. The molecule has 0 saturated carbocycles. The van der Waals surface area contributed by atoms with Gasteiger partial charge in [-0.1, -0.05) is 6.92 Å². The maximum atomic E-state index is 5.40. The lowest BCUT2D eigenvalue weighted by Gasteiger charge is -2.20. The van der Waals surface area contributed by atoms with Crippen molar-refractivity contribution in [2.24, 2.45) is 0 Å². The van der Waals surface area contributed by atoms with Crippen LogP contribution in [0.15, 0.2) is 18.3 Å². The molecule has 0 aliphatic carbocycles. The van der Waals surface area contributed by atoms with Gasteiger partial charge in [-0.2, -0.15) is 0 Å². The fraction of sp³-hybridized carbons (Fsp3) is 0.667. The minimum absolute atomic E-state index is 0.233. The molecule has 0 saturated heterocycles. The van der Waals surface area contributed by atoms with E-state index in [4.69, 9.17) is 9.47 Å². The van der Waals surface area contributed by atoms with E-state index in [1.165, 1.54) is 0 Å². The Morgan fingerprint density at radius 2 is 2.21 bits per heavy atom. The Hall–Kier alpha value is -1.13. The molecule has 0 spiro atoms. The standard InChI is InChI=1S/C15H26N2O2/c1-4-10-16-13(8-7-12-19-5-2)15-14(18-3)9-6-11-17-15/h6,9,11,13,16H,4-5,7-8,10,12H2,1-3H3. The number of aromatic nitrogens is 1. The molecule has 1 aromatic heterocycles. The average Bonchev–Trinajstić information content (AvgIpc) is 2.46. The van der Waals surface area contributed by atoms with Gasteiger partial charge >= 0.3 is 0 Å². The van der Waals surface area contributed by atoms with Crippen molar-refractivity contribution in [3.8, 4) is 5.75 Å². The molecule has 0 aromatic carbocycles. The highest BCUT2D eigenvalue weighted by molar-refractivity contribution is 5.29. The number of pyridine rings is 1. The Morgan fingerprint density at radius 3 is 2.89 bits per heavy atom. The van der Waals surface area contributed by atoms with E-state index in [0.29, 0.717) is 0 Å². The first-order valence-corrected chi connectivity index (χ1v) is 7.13. The first kappa shape index (κ1) is 15.9. The Morgan fingerprint density at radius 1 is 1.37 bits per heavy atom. The van der Waals surface area contributed by atoms with Gasteiger partial charge in [-0.05, 0) is 44.9 Å². The van der Waals surface area contributed by atoms with Crippen LogP contribution in [0.5, 0.6) is 5.75 Å². The number of methoxy groups -OCH3 is 1. The largest absolute Gasteiger partial charge is 0.495 e. The summed E-state index contributed by atoms with van der Waals surface area (Å²) in [5.41, 5.74) is 0.995. The van der Waals surface area contributed by atoms with Gasteiger partial charge in [0.25, 0.3) is 0 Å². The number of hydrogen-bond acceptors (Lipinski definition) is 4. The van der Waals surface area contributed by atoms with Crippen LogP contribution in [0.3, 0.4) is 0 Å². The van der Waals surface area contributed by atoms with Crippen LogP contribution in [0.2, 0.25) is 0 Å². The van der Waals surface area contributed by atoms with Gasteiger partial charge in [0.2, 0.25) is 0 Å². The summed E-state index contributed by atoms with van der Waals surface area (Å²) in [5.74, 6) is 0.854. The van der Waals surface area contributed by atoms with Gasteiger partial charge in [-0.3, -0.25) is 4.98 Å². The van der Waals surface area contributed by atoms with E-state index in [-0.39, 0.29) is 6.04 Å². The molecule has 1 atom stereocenters. The van der Waals surface area contributed by atoms with E-state index in [0.717, 1.165) is 50.5 Å². The zero-order chi connectivity index (χ0) is 13.9. The summed E-state index contributed by atoms with van der Waals surface area (Å²) in [4.78, 5) is 4.47. The number of ether oxygens (including phenoxy) is 2. The molecule has 19 heavy (non-hydrogen) atoms. The first-order chi connectivity index (χ1) is 9.33. The summed E-state index contributed by atoms with van der Waals surface area (Å²) < 4.78 is 10.8. The molecule has 0 amide bonds. The van der Waals surface area contributed by atoms with Gasteiger partial charge in [-0.15, -0.1) is 0 Å². The van der Waals surface area contributed by atoms with Crippen LogP contribution in [0.4, 0.5) is 0 Å². The second-order valence-corrected chi connectivity index (χ2v) is 4.44. The molecule has 1 unspecified atom stereocenters. The van der Waals surface area contributed by atoms with Crippen molar-refractivity contribution in [3.63, 3.8) is 0 Å². The molecule has 1 aromatic rings. The summed E-state index contributed by atoms with van der Waals surface area (Å²) in [6.45, 7) is 6.75. The second kappa shape index (κ2) is 9.75. The molecule has 108 valence electrons. The number of nitrogens with zero attached hydrogens (tertiary/aromatic N) is 1. The van der Waals surface area contributed by atoms with Crippen LogP contribution in [-0.2, 0) is 4.74 Å². The van der Waals surface area contributed by atoms with Crippen molar-refractivity contribution in [1.82, 2.24) is 10.3 Å². The Bertz CT molecular complexity index is 345. The third-order valence-corrected chi connectivity index (χ3v) is 2.98. The van der Waals surface area contributed by atoms with Crippen molar-refractivity contribution in [3.05, 3.63) is 24.0 Å². The molecule has 0 aliphatic heterocycles. The monoisotopic (exact) mass is 266 g/mol. The lowest BCUT2D eigenvalue weighted by atomic mass is 10.1. The summed E-state index contributed by atoms with van der Waals surface area (Å²) in [7, 11) is 1.69. The van der Waals surface area contributed by atoms with Crippen LogP contribution < -0.4 is 10.1 Å². The molecular weight excluding hydrogens is 240 g/mol. The minimum Gasteiger partial charge on any atom is -0.495 e. The van der Waals surface area contributed by atoms with Crippen LogP contribution in [0.25, 0.3) is 0 Å². The van der Waals surface area contributed by atoms with Crippen LogP contribution in [0.1, 0.15) is 44.8 Å². The number of hydrogen-bond donors (Lipinski definition) is 1. The Balaban J connectivity index is 2.65. The fourth-order valence-corrected chi connectivity index (χ4v) is 2.02. The molecule has 1 N–H and O–H groups in total. The second-order valence-electron chi connectivity index (χ2n) is 4.44. The smallest absolute Gasteiger partial charge is 0.141 e. The normalized spacial score (nSPS) is 12.4. The van der Waals surface area contributed by atoms with Crippen LogP contribution >= 0.6 is 0 Å². The SMILES string of the molecule is CCCNC(CCCOCC)c1ncccc1OC. The minimum atomic E-state index is 0.233. The van der Waals surface area contributed by atoms with Crippen molar-refractivity contribution in [1.29, 1.82) is 0 Å². The molecule has 1 heterocycles. The highest BCUT2D eigenvalue weighted by Crippen LogP contribution is 2.25. The first-order valence-electron chi connectivity index (χ1n) is 7.13. The quantitative estimate of drug-likeness (QED) is 0.661. The molecule has 0 aliphatic rings. The van der Waals surface area contributed by atoms with Crippen molar-refractivity contribution in [2.45, 2.75) is 39.2 Å². The Labute approximate surface area is 116 Å². The summed E-state index contributed by atoms with van der Waals surface area (Å²) in [6, 6.07) is 4.10. The van der Waals surface area contributed by atoms with E-state index in [1.807, 2.05) is 25.3 Å². The average molecular weight is 266 g/mol. The van der Waals surface area contributed by atoms with Gasteiger partial charge < -0.3 is 14.8 Å². The molecule has 4 heteroatoms. The summed E-state index contributed by atoms with van der Waals surface area (Å²) >= 11 is 0. The van der Waals surface area contributed by atoms with E-state index < -0.39 is 0 Å². The predicted octanol–water partition coefficient (Wildman–Crippen LogP) is 2.95. The maximum absolute atomic E-state index is 5.40. The van der Waals surface area contributed by atoms with E-state index in [2.05, 4.69) is 17.2 Å². The zero-order valence-electron chi connectivity index (χ0n) is 12.3. The number of rotatable bonds is 10. The van der Waals surface area contributed by atoms with Crippen LogP contribution in [0, 0.1) is 0 Å². The lowest BCUT2D eigenvalue weighted by Crippen LogP contribution is -2.24. The van der Waals surface area contributed by atoms with Crippen LogP contribution in [-0.4, -0.2) is 31.9 Å². The predicted molar refractivity (Wildman–Crippen MR) is 77.6 cm³/mol. The summed E-state index contributed by atoms with van der Waals surface area (Å²) in [6.07, 6.45) is 4.96. The molecule has 0 bridgehead atoms. The highest BCUT2D eigenvalue weighted by Gasteiger charge is 2.16. The van der Waals surface area contributed by atoms with Gasteiger partial charge in [0.15, 0.2) is 0 Å². The highest BCUT2D eigenvalue weighted by atomic mass is 16.5. The molecular formula is C15H26N2O2. The van der Waals surface area contributed by atoms with Crippen molar-refractivity contribution < 1.29 is 9.47 Å². The Kier molecular flexibility index (Phi) is 8.18. The lowest BCUT2D eigenvalue weighted by molar-refractivity contribution is 0.140. The molecule has 0 fully saturated rings. The number of nitrogens with one attached hydrogen (secondary N) is 1. The molecule has 4 nitrogen and oxygen atoms in total. The van der Waals surface area contributed by atoms with E-state index in [1.54, 1.807) is 7.11 Å². The van der Waals surface area contributed by atoms with E-state index in [9.17, 15) is 0 Å². The fourth-order valence-electron chi connectivity index (χ4n) is 2.02. The topological polar surface area (TPSA) is 43.4 Å². The van der Waals surface area contributed by atoms with E-state index >= 15 is 0 Å². The van der Waals surface area contributed by atoms with Gasteiger partial charge in [-0.25, -0.2) is 0 Å². The zero-order valence-corrected chi connectivity index (χ0v) is 12.3. The van der Waals surface area contributed by atoms with Gasteiger partial charge in [0.1, 0.15) is 5.75 Å². The van der Waals surface area contributed by atoms with Crippen molar-refractivity contribution >= 4 is 0 Å². The van der Waals surface area contributed by atoms with Gasteiger partial charge in [0, 0.05) is 19.4 Å².